The number of allylic oxidation sites excluding steroid dienone is 1. The Balaban J connectivity index is 1.55. The van der Waals surface area contributed by atoms with Gasteiger partial charge in [0.05, 0.1) is 19.1 Å². The number of nitrogens with zero attached hydrogens (tertiary/aromatic N) is 1. The molecule has 4 rings (SSSR count). The van der Waals surface area contributed by atoms with Crippen molar-refractivity contribution in [3.05, 3.63) is 71.6 Å². The molecule has 5 nitrogen and oxygen atoms in total. The van der Waals surface area contributed by atoms with Crippen LogP contribution in [0, 0.1) is 11.7 Å². The molecule has 2 aliphatic rings. The number of hydrogen-bond acceptors (Lipinski definition) is 3. The molecule has 2 aromatic rings. The molecule has 32 heavy (non-hydrogen) atoms. The van der Waals surface area contributed by atoms with E-state index in [4.69, 9.17) is 4.74 Å². The Labute approximate surface area is 188 Å². The summed E-state index contributed by atoms with van der Waals surface area (Å²) in [6.45, 7) is 0.564. The van der Waals surface area contributed by atoms with Crippen molar-refractivity contribution in [1.82, 2.24) is 5.32 Å². The molecule has 1 aliphatic heterocycles. The first-order chi connectivity index (χ1) is 15.6. The summed E-state index contributed by atoms with van der Waals surface area (Å²) in [5.41, 5.74) is 2.82. The number of methoxy groups -OCH3 is 1. The number of rotatable bonds is 7. The second-order valence-corrected chi connectivity index (χ2v) is 8.42. The number of amides is 2. The lowest BCUT2D eigenvalue weighted by atomic mass is 9.92. The van der Waals surface area contributed by atoms with Crippen LogP contribution in [-0.4, -0.2) is 25.5 Å². The Bertz CT molecular complexity index is 985. The monoisotopic (exact) mass is 436 g/mol. The summed E-state index contributed by atoms with van der Waals surface area (Å²) in [5.74, 6) is -0.476. The quantitative estimate of drug-likeness (QED) is 0.626. The minimum absolute atomic E-state index is 0.114. The topological polar surface area (TPSA) is 58.6 Å². The third kappa shape index (κ3) is 4.85. The van der Waals surface area contributed by atoms with E-state index in [9.17, 15) is 14.0 Å². The van der Waals surface area contributed by atoms with Gasteiger partial charge in [-0.15, -0.1) is 0 Å². The van der Waals surface area contributed by atoms with Gasteiger partial charge in [-0.1, -0.05) is 23.8 Å². The number of ether oxygens (including phenoxy) is 1. The average molecular weight is 437 g/mol. The lowest BCUT2D eigenvalue weighted by Crippen LogP contribution is -2.36. The Morgan fingerprint density at radius 1 is 1.12 bits per heavy atom. The maximum absolute atomic E-state index is 13.6. The first kappa shape index (κ1) is 22.1. The van der Waals surface area contributed by atoms with Gasteiger partial charge < -0.3 is 15.0 Å². The fourth-order valence-electron chi connectivity index (χ4n) is 4.67. The summed E-state index contributed by atoms with van der Waals surface area (Å²) in [4.78, 5) is 27.9. The summed E-state index contributed by atoms with van der Waals surface area (Å²) in [7, 11) is 1.58. The molecule has 1 aliphatic carbocycles. The van der Waals surface area contributed by atoms with Gasteiger partial charge in [0.1, 0.15) is 11.6 Å². The molecule has 0 saturated carbocycles. The summed E-state index contributed by atoms with van der Waals surface area (Å²) in [6.07, 6.45) is 7.89. The molecule has 6 heteroatoms. The third-order valence-electron chi connectivity index (χ3n) is 6.35. The minimum Gasteiger partial charge on any atom is -0.497 e. The van der Waals surface area contributed by atoms with Crippen LogP contribution in [-0.2, 0) is 9.59 Å². The highest BCUT2D eigenvalue weighted by Crippen LogP contribution is 2.42. The molecule has 168 valence electrons. The van der Waals surface area contributed by atoms with Crippen LogP contribution in [0.4, 0.5) is 10.1 Å². The van der Waals surface area contributed by atoms with Crippen molar-refractivity contribution in [1.29, 1.82) is 0 Å². The van der Waals surface area contributed by atoms with E-state index in [1.54, 1.807) is 36.3 Å². The van der Waals surface area contributed by atoms with E-state index in [1.807, 2.05) is 12.1 Å². The van der Waals surface area contributed by atoms with Gasteiger partial charge in [0.2, 0.25) is 11.8 Å². The molecule has 0 bridgehead atoms. The first-order valence-corrected chi connectivity index (χ1v) is 11.2. The Morgan fingerprint density at radius 3 is 2.53 bits per heavy atom. The molecular weight excluding hydrogens is 407 g/mol. The molecule has 1 heterocycles. The second kappa shape index (κ2) is 9.98. The summed E-state index contributed by atoms with van der Waals surface area (Å²) >= 11 is 0. The predicted molar refractivity (Wildman–Crippen MR) is 122 cm³/mol. The molecule has 2 atom stereocenters. The summed E-state index contributed by atoms with van der Waals surface area (Å²) in [6, 6.07) is 12.7. The predicted octanol–water partition coefficient (Wildman–Crippen LogP) is 4.94. The van der Waals surface area contributed by atoms with E-state index in [-0.39, 0.29) is 24.1 Å². The van der Waals surface area contributed by atoms with Crippen LogP contribution in [0.2, 0.25) is 0 Å². The molecule has 1 saturated heterocycles. The van der Waals surface area contributed by atoms with Crippen molar-refractivity contribution >= 4 is 17.5 Å². The highest BCUT2D eigenvalue weighted by atomic mass is 19.1. The van der Waals surface area contributed by atoms with Gasteiger partial charge in [-0.25, -0.2) is 4.39 Å². The van der Waals surface area contributed by atoms with Crippen molar-refractivity contribution in [2.24, 2.45) is 5.92 Å². The van der Waals surface area contributed by atoms with Gasteiger partial charge in [-0.2, -0.15) is 0 Å². The summed E-state index contributed by atoms with van der Waals surface area (Å²) < 4.78 is 18.8. The molecule has 0 spiro atoms. The van der Waals surface area contributed by atoms with Crippen LogP contribution in [0.5, 0.6) is 5.75 Å². The Kier molecular flexibility index (Phi) is 6.88. The van der Waals surface area contributed by atoms with Crippen molar-refractivity contribution in [3.8, 4) is 5.75 Å². The highest BCUT2D eigenvalue weighted by molar-refractivity contribution is 6.01. The third-order valence-corrected chi connectivity index (χ3v) is 6.35. The van der Waals surface area contributed by atoms with Crippen molar-refractivity contribution in [2.75, 3.05) is 18.6 Å². The van der Waals surface area contributed by atoms with Crippen LogP contribution in [0.15, 0.2) is 60.2 Å². The first-order valence-electron chi connectivity index (χ1n) is 11.2. The van der Waals surface area contributed by atoms with Crippen molar-refractivity contribution < 1.29 is 18.7 Å². The van der Waals surface area contributed by atoms with Gasteiger partial charge in [0.25, 0.3) is 0 Å². The van der Waals surface area contributed by atoms with Crippen LogP contribution in [0.1, 0.15) is 50.1 Å². The zero-order valence-corrected chi connectivity index (χ0v) is 18.4. The van der Waals surface area contributed by atoms with E-state index in [0.717, 1.165) is 24.8 Å². The molecule has 0 unspecified atom stereocenters. The average Bonchev–Trinajstić information content (AvgIpc) is 3.17. The fourth-order valence-corrected chi connectivity index (χ4v) is 4.67. The number of hydrogen-bond donors (Lipinski definition) is 1. The lowest BCUT2D eigenvalue weighted by molar-refractivity contribution is -0.126. The zero-order valence-electron chi connectivity index (χ0n) is 18.4. The fraction of sp³-hybridized carbons (Fsp3) is 0.385. The Hall–Kier alpha value is -3.15. The van der Waals surface area contributed by atoms with Gasteiger partial charge in [0, 0.05) is 18.7 Å². The molecule has 1 N–H and O–H groups in total. The van der Waals surface area contributed by atoms with Crippen molar-refractivity contribution in [2.45, 2.75) is 44.6 Å². The molecule has 1 fully saturated rings. The molecule has 0 radical (unpaired) electrons. The van der Waals surface area contributed by atoms with Gasteiger partial charge in [-0.05, 0) is 74.1 Å². The normalized spacial score (nSPS) is 20.8. The largest absolute Gasteiger partial charge is 0.497 e. The maximum Gasteiger partial charge on any atom is 0.228 e. The second-order valence-electron chi connectivity index (χ2n) is 8.42. The smallest absolute Gasteiger partial charge is 0.228 e. The molecule has 2 amide bonds. The highest BCUT2D eigenvalue weighted by Gasteiger charge is 2.45. The number of anilines is 1. The van der Waals surface area contributed by atoms with Gasteiger partial charge in [-0.3, -0.25) is 9.59 Å². The maximum atomic E-state index is 13.6. The molecular formula is C26H29FN2O3. The minimum atomic E-state index is -0.546. The standard InChI is InChI=1S/C26H29FN2O3/c1-32-22-13-11-21(12-14-22)29-24(30)17-23(25(29)19-7-9-20(27)10-8-19)26(31)28-16-15-18-5-3-2-4-6-18/h5,7-14,23,25H,2-4,6,15-17H2,1H3,(H,28,31)/t23-,25+/m1/s1. The van der Waals surface area contributed by atoms with E-state index in [2.05, 4.69) is 11.4 Å². The van der Waals surface area contributed by atoms with Gasteiger partial charge >= 0.3 is 0 Å². The number of carbonyl (C=O) groups excluding carboxylic acids is 2. The number of halogens is 1. The summed E-state index contributed by atoms with van der Waals surface area (Å²) in [5, 5.41) is 3.04. The SMILES string of the molecule is COc1ccc(N2C(=O)C[C@@H](C(=O)NCCC3=CCCCC3)[C@@H]2c2ccc(F)cc2)cc1. The molecule has 2 aromatic carbocycles. The number of nitrogens with one attached hydrogen (secondary N) is 1. The van der Waals surface area contributed by atoms with Gasteiger partial charge in [0.15, 0.2) is 0 Å². The van der Waals surface area contributed by atoms with E-state index < -0.39 is 12.0 Å². The van der Waals surface area contributed by atoms with Crippen LogP contribution >= 0.6 is 0 Å². The number of benzene rings is 2. The van der Waals surface area contributed by atoms with Crippen molar-refractivity contribution in [3.63, 3.8) is 0 Å². The zero-order chi connectivity index (χ0) is 22.5. The number of carbonyl (C=O) groups is 2. The van der Waals surface area contributed by atoms with Crippen LogP contribution in [0.3, 0.4) is 0 Å². The lowest BCUT2D eigenvalue weighted by Gasteiger charge is -2.28. The van der Waals surface area contributed by atoms with Crippen LogP contribution < -0.4 is 15.0 Å². The van der Waals surface area contributed by atoms with Crippen LogP contribution in [0.25, 0.3) is 0 Å². The van der Waals surface area contributed by atoms with E-state index >= 15 is 0 Å². The van der Waals surface area contributed by atoms with E-state index in [1.165, 1.54) is 30.5 Å². The molecule has 0 aromatic heterocycles. The van der Waals surface area contributed by atoms with E-state index in [0.29, 0.717) is 18.0 Å². The Morgan fingerprint density at radius 2 is 1.88 bits per heavy atom.